The van der Waals surface area contributed by atoms with Gasteiger partial charge in [0, 0.05) is 45.7 Å². The SMILES string of the molecule is COc1ccc(OCCN(CCC#N)CCN2CCOCC2)cc1. The highest BCUT2D eigenvalue weighted by Gasteiger charge is 2.12. The Kier molecular flexibility index (Phi) is 8.39. The van der Waals surface area contributed by atoms with E-state index in [-0.39, 0.29) is 0 Å². The smallest absolute Gasteiger partial charge is 0.119 e. The minimum absolute atomic E-state index is 0.547. The molecule has 1 aliphatic rings. The lowest BCUT2D eigenvalue weighted by atomic mass is 10.3. The van der Waals surface area contributed by atoms with E-state index in [2.05, 4.69) is 15.9 Å². The number of hydrogen-bond donors (Lipinski definition) is 0. The van der Waals surface area contributed by atoms with Crippen molar-refractivity contribution in [3.8, 4) is 17.6 Å². The van der Waals surface area contributed by atoms with Crippen LogP contribution in [0.15, 0.2) is 24.3 Å². The molecule has 0 N–H and O–H groups in total. The second-order valence-electron chi connectivity index (χ2n) is 5.73. The van der Waals surface area contributed by atoms with Gasteiger partial charge >= 0.3 is 0 Å². The Bertz CT molecular complexity index is 495. The molecule has 24 heavy (non-hydrogen) atoms. The van der Waals surface area contributed by atoms with Crippen LogP contribution in [0.25, 0.3) is 0 Å². The number of rotatable bonds is 10. The molecular formula is C18H27N3O3. The zero-order valence-corrected chi connectivity index (χ0v) is 14.4. The Labute approximate surface area is 144 Å². The van der Waals surface area contributed by atoms with Crippen LogP contribution in [0.3, 0.4) is 0 Å². The lowest BCUT2D eigenvalue weighted by Crippen LogP contribution is -2.42. The van der Waals surface area contributed by atoms with Crippen LogP contribution in [0.2, 0.25) is 0 Å². The molecule has 0 atom stereocenters. The third-order valence-corrected chi connectivity index (χ3v) is 4.11. The molecule has 6 heteroatoms. The predicted octanol–water partition coefficient (Wildman–Crippen LogP) is 1.62. The van der Waals surface area contributed by atoms with Crippen molar-refractivity contribution in [2.75, 3.05) is 66.2 Å². The second kappa shape index (κ2) is 10.9. The van der Waals surface area contributed by atoms with Crippen molar-refractivity contribution in [2.45, 2.75) is 6.42 Å². The number of methoxy groups -OCH3 is 1. The third-order valence-electron chi connectivity index (χ3n) is 4.11. The highest BCUT2D eigenvalue weighted by Crippen LogP contribution is 2.16. The number of nitrogens with zero attached hydrogens (tertiary/aromatic N) is 3. The summed E-state index contributed by atoms with van der Waals surface area (Å²) in [6.45, 7) is 7.80. The summed E-state index contributed by atoms with van der Waals surface area (Å²) in [5.74, 6) is 1.66. The lowest BCUT2D eigenvalue weighted by Gasteiger charge is -2.29. The van der Waals surface area contributed by atoms with Crippen LogP contribution in [0.4, 0.5) is 0 Å². The molecule has 1 fully saturated rings. The summed E-state index contributed by atoms with van der Waals surface area (Å²) in [4.78, 5) is 4.70. The van der Waals surface area contributed by atoms with Crippen LogP contribution in [0.5, 0.6) is 11.5 Å². The summed E-state index contributed by atoms with van der Waals surface area (Å²) in [6.07, 6.45) is 0.547. The molecule has 2 rings (SSSR count). The van der Waals surface area contributed by atoms with E-state index in [1.54, 1.807) is 7.11 Å². The fourth-order valence-electron chi connectivity index (χ4n) is 2.62. The van der Waals surface area contributed by atoms with E-state index in [0.29, 0.717) is 13.0 Å². The fraction of sp³-hybridized carbons (Fsp3) is 0.611. The molecule has 1 aromatic rings. The Hall–Kier alpha value is -1.81. The standard InChI is InChI=1S/C18H27N3O3/c1-22-17-3-5-18(6-4-17)24-16-13-20(8-2-7-19)9-10-21-11-14-23-15-12-21/h3-6H,2,8-16H2,1H3. The monoisotopic (exact) mass is 333 g/mol. The minimum Gasteiger partial charge on any atom is -0.497 e. The van der Waals surface area contributed by atoms with Gasteiger partial charge in [-0.25, -0.2) is 0 Å². The van der Waals surface area contributed by atoms with Crippen molar-refractivity contribution in [2.24, 2.45) is 0 Å². The van der Waals surface area contributed by atoms with E-state index in [9.17, 15) is 0 Å². The Balaban J connectivity index is 1.71. The van der Waals surface area contributed by atoms with Crippen LogP contribution in [-0.4, -0.2) is 76.0 Å². The number of hydrogen-bond acceptors (Lipinski definition) is 6. The lowest BCUT2D eigenvalue weighted by molar-refractivity contribution is 0.0328. The maximum absolute atomic E-state index is 8.84. The summed E-state index contributed by atoms with van der Waals surface area (Å²) in [5.41, 5.74) is 0. The highest BCUT2D eigenvalue weighted by atomic mass is 16.5. The van der Waals surface area contributed by atoms with Crippen molar-refractivity contribution in [3.63, 3.8) is 0 Å². The Morgan fingerprint density at radius 2 is 1.83 bits per heavy atom. The van der Waals surface area contributed by atoms with Crippen molar-refractivity contribution >= 4 is 0 Å². The zero-order valence-electron chi connectivity index (χ0n) is 14.4. The molecule has 6 nitrogen and oxygen atoms in total. The summed E-state index contributed by atoms with van der Waals surface area (Å²) >= 11 is 0. The van der Waals surface area contributed by atoms with Crippen molar-refractivity contribution in [1.29, 1.82) is 5.26 Å². The van der Waals surface area contributed by atoms with E-state index < -0.39 is 0 Å². The molecule has 1 aromatic carbocycles. The molecule has 0 amide bonds. The van der Waals surface area contributed by atoms with Gasteiger partial charge in [-0.2, -0.15) is 5.26 Å². The summed E-state index contributed by atoms with van der Waals surface area (Å²) in [6, 6.07) is 9.82. The fourth-order valence-corrected chi connectivity index (χ4v) is 2.62. The Morgan fingerprint density at radius 3 is 2.50 bits per heavy atom. The molecule has 1 heterocycles. The number of benzene rings is 1. The highest BCUT2D eigenvalue weighted by molar-refractivity contribution is 5.31. The maximum atomic E-state index is 8.84. The maximum Gasteiger partial charge on any atom is 0.119 e. The first kappa shape index (κ1) is 18.5. The van der Waals surface area contributed by atoms with Gasteiger partial charge in [0.15, 0.2) is 0 Å². The summed E-state index contributed by atoms with van der Waals surface area (Å²) in [7, 11) is 1.65. The van der Waals surface area contributed by atoms with Crippen LogP contribution < -0.4 is 9.47 Å². The van der Waals surface area contributed by atoms with Gasteiger partial charge < -0.3 is 14.2 Å². The molecule has 1 saturated heterocycles. The number of morpholine rings is 1. The van der Waals surface area contributed by atoms with Crippen molar-refractivity contribution in [1.82, 2.24) is 9.80 Å². The first-order valence-corrected chi connectivity index (χ1v) is 8.48. The normalized spacial score (nSPS) is 15.2. The van der Waals surface area contributed by atoms with Gasteiger partial charge in [0.2, 0.25) is 0 Å². The quantitative estimate of drug-likeness (QED) is 0.648. The van der Waals surface area contributed by atoms with Gasteiger partial charge in [-0.3, -0.25) is 9.80 Å². The van der Waals surface area contributed by atoms with E-state index >= 15 is 0 Å². The molecule has 0 saturated carbocycles. The van der Waals surface area contributed by atoms with Gasteiger partial charge in [0.1, 0.15) is 18.1 Å². The number of nitriles is 1. The molecule has 0 radical (unpaired) electrons. The second-order valence-corrected chi connectivity index (χ2v) is 5.73. The predicted molar refractivity (Wildman–Crippen MR) is 92.4 cm³/mol. The van der Waals surface area contributed by atoms with E-state index in [1.807, 2.05) is 24.3 Å². The molecular weight excluding hydrogens is 306 g/mol. The third kappa shape index (κ3) is 6.75. The minimum atomic E-state index is 0.547. The molecule has 0 aliphatic carbocycles. The topological polar surface area (TPSA) is 58.0 Å². The van der Waals surface area contributed by atoms with Crippen LogP contribution in [-0.2, 0) is 4.74 Å². The molecule has 132 valence electrons. The molecule has 1 aliphatic heterocycles. The van der Waals surface area contributed by atoms with Crippen molar-refractivity contribution < 1.29 is 14.2 Å². The van der Waals surface area contributed by atoms with Crippen LogP contribution >= 0.6 is 0 Å². The first-order valence-electron chi connectivity index (χ1n) is 8.48. The molecule has 0 unspecified atom stereocenters. The van der Waals surface area contributed by atoms with E-state index in [4.69, 9.17) is 19.5 Å². The van der Waals surface area contributed by atoms with E-state index in [1.165, 1.54) is 0 Å². The average Bonchev–Trinajstić information content (AvgIpc) is 2.65. The van der Waals surface area contributed by atoms with Crippen LogP contribution in [0, 0.1) is 11.3 Å². The molecule has 0 spiro atoms. The Morgan fingerprint density at radius 1 is 1.12 bits per heavy atom. The van der Waals surface area contributed by atoms with Gasteiger partial charge in [0.05, 0.1) is 26.4 Å². The van der Waals surface area contributed by atoms with Gasteiger partial charge in [0.25, 0.3) is 0 Å². The summed E-state index contributed by atoms with van der Waals surface area (Å²) in [5, 5.41) is 8.84. The first-order chi connectivity index (χ1) is 11.8. The molecule has 0 aromatic heterocycles. The largest absolute Gasteiger partial charge is 0.497 e. The zero-order chi connectivity index (χ0) is 17.0. The average molecular weight is 333 g/mol. The van der Waals surface area contributed by atoms with Crippen molar-refractivity contribution in [3.05, 3.63) is 24.3 Å². The van der Waals surface area contributed by atoms with Gasteiger partial charge in [-0.1, -0.05) is 0 Å². The van der Waals surface area contributed by atoms with Crippen LogP contribution in [0.1, 0.15) is 6.42 Å². The summed E-state index contributed by atoms with van der Waals surface area (Å²) < 4.78 is 16.3. The van der Waals surface area contributed by atoms with E-state index in [0.717, 1.165) is 64.0 Å². The number of ether oxygens (including phenoxy) is 3. The van der Waals surface area contributed by atoms with Gasteiger partial charge in [-0.15, -0.1) is 0 Å². The van der Waals surface area contributed by atoms with Gasteiger partial charge in [-0.05, 0) is 24.3 Å². The molecule has 0 bridgehead atoms.